The van der Waals surface area contributed by atoms with Gasteiger partial charge in [-0.3, -0.25) is 9.88 Å². The second-order valence-electron chi connectivity index (χ2n) is 10.7. The lowest BCUT2D eigenvalue weighted by Gasteiger charge is -2.54. The number of pyridine rings is 1. The third-order valence-corrected chi connectivity index (χ3v) is 6.55. The number of hydrogen-bond acceptors (Lipinski definition) is 6. The van der Waals surface area contributed by atoms with Crippen LogP contribution in [0.4, 0.5) is 13.6 Å². The molecule has 194 valence electrons. The van der Waals surface area contributed by atoms with Crippen LogP contribution in [0.1, 0.15) is 57.4 Å². The van der Waals surface area contributed by atoms with Crippen molar-refractivity contribution in [1.29, 1.82) is 0 Å². The van der Waals surface area contributed by atoms with Gasteiger partial charge >= 0.3 is 6.09 Å². The minimum absolute atomic E-state index is 0.227. The molecule has 2 saturated heterocycles. The molecule has 2 aromatic rings. The lowest BCUT2D eigenvalue weighted by atomic mass is 9.72. The van der Waals surface area contributed by atoms with Crippen LogP contribution in [0.25, 0.3) is 0 Å². The number of amides is 1. The highest BCUT2D eigenvalue weighted by Crippen LogP contribution is 2.41. The van der Waals surface area contributed by atoms with Crippen LogP contribution in [0, 0.1) is 17.0 Å². The summed E-state index contributed by atoms with van der Waals surface area (Å²) in [5, 5.41) is 4.08. The van der Waals surface area contributed by atoms with Crippen LogP contribution < -0.4 is 0 Å². The summed E-state index contributed by atoms with van der Waals surface area (Å²) >= 11 is 0. The Bertz CT molecular complexity index is 1100. The monoisotopic (exact) mass is 500 g/mol. The molecule has 0 aliphatic carbocycles. The lowest BCUT2D eigenvalue weighted by molar-refractivity contribution is -0.0551. The first-order valence-electron chi connectivity index (χ1n) is 12.4. The van der Waals surface area contributed by atoms with E-state index < -0.39 is 17.2 Å². The molecule has 4 rings (SSSR count). The summed E-state index contributed by atoms with van der Waals surface area (Å²) in [5.41, 5.74) is 2.10. The van der Waals surface area contributed by atoms with Gasteiger partial charge in [0, 0.05) is 44.5 Å². The number of hydrogen-bond donors (Lipinski definition) is 0. The summed E-state index contributed by atoms with van der Waals surface area (Å²) in [4.78, 5) is 26.2. The third-order valence-electron chi connectivity index (χ3n) is 6.55. The second-order valence-corrected chi connectivity index (χ2v) is 10.7. The second kappa shape index (κ2) is 10.5. The van der Waals surface area contributed by atoms with Gasteiger partial charge in [-0.05, 0) is 75.8 Å². The van der Waals surface area contributed by atoms with Gasteiger partial charge in [-0.2, -0.15) is 0 Å². The number of halogens is 2. The molecule has 1 amide bonds. The maximum absolute atomic E-state index is 13.8. The molecule has 0 atom stereocenters. The van der Waals surface area contributed by atoms with Gasteiger partial charge in [-0.15, -0.1) is 0 Å². The number of carbonyl (C=O) groups is 1. The largest absolute Gasteiger partial charge is 0.444 e. The van der Waals surface area contributed by atoms with Gasteiger partial charge in [0.15, 0.2) is 11.6 Å². The van der Waals surface area contributed by atoms with Gasteiger partial charge in [-0.25, -0.2) is 13.6 Å². The molecule has 2 fully saturated rings. The Hall–Kier alpha value is -3.07. The molecule has 2 aliphatic rings. The van der Waals surface area contributed by atoms with Crippen molar-refractivity contribution < 1.29 is 23.1 Å². The number of benzene rings is 1. The summed E-state index contributed by atoms with van der Waals surface area (Å²) in [5.74, 6) is -1.86. The molecule has 7 nitrogen and oxygen atoms in total. The van der Waals surface area contributed by atoms with Crippen LogP contribution in [0.3, 0.4) is 0 Å². The first kappa shape index (κ1) is 26.0. The van der Waals surface area contributed by atoms with E-state index in [1.807, 2.05) is 37.8 Å². The molecular formula is C27H34F2N4O3. The highest BCUT2D eigenvalue weighted by Gasteiger charge is 2.45. The quantitative estimate of drug-likeness (QED) is 0.413. The van der Waals surface area contributed by atoms with E-state index in [0.717, 1.165) is 63.3 Å². The first-order valence-corrected chi connectivity index (χ1v) is 12.4. The van der Waals surface area contributed by atoms with E-state index in [2.05, 4.69) is 15.0 Å². The van der Waals surface area contributed by atoms with Gasteiger partial charge in [0.2, 0.25) is 0 Å². The van der Waals surface area contributed by atoms with E-state index >= 15 is 0 Å². The number of aromatic nitrogens is 1. The van der Waals surface area contributed by atoms with Crippen molar-refractivity contribution >= 4 is 11.8 Å². The summed E-state index contributed by atoms with van der Waals surface area (Å²) in [6.45, 7) is 12.0. The predicted octanol–water partition coefficient (Wildman–Crippen LogP) is 4.98. The van der Waals surface area contributed by atoms with E-state index in [4.69, 9.17) is 9.57 Å². The highest BCUT2D eigenvalue weighted by molar-refractivity contribution is 6.11. The summed E-state index contributed by atoms with van der Waals surface area (Å²) < 4.78 is 32.7. The number of piperidine rings is 1. The van der Waals surface area contributed by atoms with Gasteiger partial charge in [0.1, 0.15) is 17.9 Å². The fourth-order valence-electron chi connectivity index (χ4n) is 4.76. The fraction of sp³-hybridized carbons (Fsp3) is 0.519. The van der Waals surface area contributed by atoms with Crippen LogP contribution in [0.5, 0.6) is 0 Å². The van der Waals surface area contributed by atoms with Crippen molar-refractivity contribution in [1.82, 2.24) is 14.8 Å². The Kier molecular flexibility index (Phi) is 7.59. The fourth-order valence-corrected chi connectivity index (χ4v) is 4.76. The minimum Gasteiger partial charge on any atom is -0.444 e. The van der Waals surface area contributed by atoms with Crippen molar-refractivity contribution in [2.24, 2.45) is 10.6 Å². The van der Waals surface area contributed by atoms with Crippen molar-refractivity contribution in [3.8, 4) is 0 Å². The van der Waals surface area contributed by atoms with E-state index in [0.29, 0.717) is 23.6 Å². The first-order chi connectivity index (χ1) is 17.1. The molecule has 1 spiro atoms. The summed E-state index contributed by atoms with van der Waals surface area (Å²) in [7, 11) is 0. The zero-order valence-electron chi connectivity index (χ0n) is 21.4. The molecule has 3 heterocycles. The maximum Gasteiger partial charge on any atom is 0.410 e. The topological polar surface area (TPSA) is 67.3 Å². The molecule has 1 aromatic heterocycles. The Morgan fingerprint density at radius 1 is 1.11 bits per heavy atom. The zero-order chi connectivity index (χ0) is 25.9. The Morgan fingerprint density at radius 2 is 1.83 bits per heavy atom. The standard InChI is InChI=1S/C27H34F2N4O3/c1-5-35-31-24(20-7-8-21(28)22(29)14-20)23-9-6-19(15-30-23)16-32-17-27(18-32)10-12-33(13-11-27)25(34)36-26(2,3)4/h6-9,14-15H,5,10-13,16-18H2,1-4H3. The number of nitrogens with zero attached hydrogens (tertiary/aromatic N) is 4. The van der Waals surface area contributed by atoms with Crippen molar-refractivity contribution in [3.05, 3.63) is 65.0 Å². The minimum atomic E-state index is -0.947. The lowest BCUT2D eigenvalue weighted by Crippen LogP contribution is -2.60. The van der Waals surface area contributed by atoms with Crippen LogP contribution in [-0.2, 0) is 16.1 Å². The maximum atomic E-state index is 13.8. The molecule has 36 heavy (non-hydrogen) atoms. The molecule has 0 saturated carbocycles. The van der Waals surface area contributed by atoms with Gasteiger partial charge in [-0.1, -0.05) is 11.2 Å². The average molecular weight is 501 g/mol. The van der Waals surface area contributed by atoms with Crippen LogP contribution in [0.2, 0.25) is 0 Å². The van der Waals surface area contributed by atoms with Crippen LogP contribution in [-0.4, -0.2) is 65.0 Å². The number of rotatable bonds is 6. The van der Waals surface area contributed by atoms with Crippen LogP contribution >= 0.6 is 0 Å². The molecule has 1 aromatic carbocycles. The smallest absolute Gasteiger partial charge is 0.410 e. The summed E-state index contributed by atoms with van der Waals surface area (Å²) in [6.07, 6.45) is 3.51. The Morgan fingerprint density at radius 3 is 2.42 bits per heavy atom. The molecule has 0 unspecified atom stereocenters. The molecule has 0 radical (unpaired) electrons. The third kappa shape index (κ3) is 6.19. The van der Waals surface area contributed by atoms with Gasteiger partial charge in [0.05, 0.1) is 5.69 Å². The van der Waals surface area contributed by atoms with E-state index in [1.54, 1.807) is 13.1 Å². The number of oxime groups is 1. The number of ether oxygens (including phenoxy) is 1. The number of carbonyl (C=O) groups excluding carboxylic acids is 1. The predicted molar refractivity (Wildman–Crippen MR) is 133 cm³/mol. The highest BCUT2D eigenvalue weighted by atomic mass is 19.2. The molecule has 0 bridgehead atoms. The molecule has 2 aliphatic heterocycles. The number of likely N-dealkylation sites (tertiary alicyclic amines) is 2. The van der Waals surface area contributed by atoms with Crippen molar-refractivity contribution in [3.63, 3.8) is 0 Å². The Balaban J connectivity index is 1.33. The SMILES string of the molecule is CCON=C(c1ccc(F)c(F)c1)c1ccc(CN2CC3(CCN(C(=O)OC(C)(C)C)CC3)C2)cn1. The zero-order valence-corrected chi connectivity index (χ0v) is 21.4. The van der Waals surface area contributed by atoms with Crippen LogP contribution in [0.15, 0.2) is 41.7 Å². The Labute approximate surface area is 211 Å². The van der Waals surface area contributed by atoms with Crippen molar-refractivity contribution in [2.45, 2.75) is 52.7 Å². The summed E-state index contributed by atoms with van der Waals surface area (Å²) in [6, 6.07) is 7.41. The van der Waals surface area contributed by atoms with Crippen molar-refractivity contribution in [2.75, 3.05) is 32.8 Å². The molecule has 9 heteroatoms. The van der Waals surface area contributed by atoms with Gasteiger partial charge < -0.3 is 14.5 Å². The molecule has 0 N–H and O–H groups in total. The van der Waals surface area contributed by atoms with E-state index in [9.17, 15) is 13.6 Å². The van der Waals surface area contributed by atoms with Gasteiger partial charge in [0.25, 0.3) is 0 Å². The normalized spacial score (nSPS) is 18.2. The average Bonchev–Trinajstić information content (AvgIpc) is 2.81. The molecular weight excluding hydrogens is 466 g/mol. The van der Waals surface area contributed by atoms with E-state index in [-0.39, 0.29) is 11.5 Å². The van der Waals surface area contributed by atoms with E-state index in [1.165, 1.54) is 6.07 Å².